The van der Waals surface area contributed by atoms with Crippen molar-refractivity contribution in [3.8, 4) is 0 Å². The Morgan fingerprint density at radius 1 is 1.13 bits per heavy atom. The molecule has 0 aliphatic rings. The number of aryl methyl sites for hydroxylation is 2. The first kappa shape index (κ1) is 20.8. The van der Waals surface area contributed by atoms with Gasteiger partial charge in [-0.3, -0.25) is 14.9 Å². The summed E-state index contributed by atoms with van der Waals surface area (Å²) in [6, 6.07) is 12.4. The van der Waals surface area contributed by atoms with E-state index in [1.54, 1.807) is 18.2 Å². The Kier molecular flexibility index (Phi) is 5.57. The van der Waals surface area contributed by atoms with Crippen molar-refractivity contribution < 1.29 is 14.1 Å². The number of carbonyl (C=O) groups is 1. The lowest BCUT2D eigenvalue weighted by Gasteiger charge is -2.14. The molecule has 4 rings (SSSR count). The van der Waals surface area contributed by atoms with Crippen molar-refractivity contribution in [1.82, 2.24) is 4.98 Å². The number of amides is 1. The molecule has 4 aromatic rings. The van der Waals surface area contributed by atoms with Gasteiger partial charge in [-0.25, -0.2) is 9.37 Å². The van der Waals surface area contributed by atoms with Gasteiger partial charge >= 0.3 is 5.00 Å². The fraction of sp³-hybridized carbons (Fsp3) is 0.0952. The molecule has 156 valence electrons. The number of halogens is 1. The van der Waals surface area contributed by atoms with Crippen LogP contribution in [0.4, 0.5) is 14.5 Å². The van der Waals surface area contributed by atoms with Gasteiger partial charge in [0.1, 0.15) is 5.82 Å². The highest BCUT2D eigenvalue weighted by atomic mass is 32.1. The number of hydrogen-bond acceptors (Lipinski definition) is 7. The van der Waals surface area contributed by atoms with Gasteiger partial charge in [0.15, 0.2) is 0 Å². The Labute approximate surface area is 184 Å². The summed E-state index contributed by atoms with van der Waals surface area (Å²) < 4.78 is 14.2. The molecule has 0 radical (unpaired) electrons. The molecule has 2 aromatic heterocycles. The van der Waals surface area contributed by atoms with Crippen LogP contribution in [0.25, 0.3) is 10.2 Å². The van der Waals surface area contributed by atoms with Gasteiger partial charge < -0.3 is 0 Å². The summed E-state index contributed by atoms with van der Waals surface area (Å²) >= 11 is 2.07. The number of nitro groups is 1. The number of anilines is 1. The molecule has 0 aliphatic carbocycles. The summed E-state index contributed by atoms with van der Waals surface area (Å²) in [4.78, 5) is 28.7. The van der Waals surface area contributed by atoms with E-state index in [9.17, 15) is 19.3 Å². The van der Waals surface area contributed by atoms with Crippen molar-refractivity contribution in [2.75, 3.05) is 5.01 Å². The zero-order chi connectivity index (χ0) is 22.1. The predicted octanol–water partition coefficient (Wildman–Crippen LogP) is 5.70. The minimum absolute atomic E-state index is 0.0241. The Morgan fingerprint density at radius 2 is 1.94 bits per heavy atom. The van der Waals surface area contributed by atoms with E-state index in [2.05, 4.69) is 10.1 Å². The van der Waals surface area contributed by atoms with Gasteiger partial charge in [-0.05, 0) is 61.4 Å². The van der Waals surface area contributed by atoms with Crippen molar-refractivity contribution in [2.24, 2.45) is 5.10 Å². The maximum Gasteiger partial charge on any atom is 0.324 e. The van der Waals surface area contributed by atoms with E-state index >= 15 is 0 Å². The van der Waals surface area contributed by atoms with E-state index in [0.29, 0.717) is 20.7 Å². The van der Waals surface area contributed by atoms with Crippen LogP contribution in [0.15, 0.2) is 53.6 Å². The van der Waals surface area contributed by atoms with E-state index in [1.807, 2.05) is 19.9 Å². The molecule has 7 nitrogen and oxygen atoms in total. The van der Waals surface area contributed by atoms with Crippen LogP contribution in [0, 0.1) is 29.8 Å². The molecule has 2 aromatic carbocycles. The maximum absolute atomic E-state index is 13.6. The van der Waals surface area contributed by atoms with Crippen LogP contribution in [-0.2, 0) is 0 Å². The first-order chi connectivity index (χ1) is 14.8. The third kappa shape index (κ3) is 4.35. The Morgan fingerprint density at radius 3 is 2.65 bits per heavy atom. The number of thiazole rings is 1. The molecular formula is C21H15FN4O3S2. The Balaban J connectivity index is 1.76. The summed E-state index contributed by atoms with van der Waals surface area (Å²) in [5.41, 5.74) is 2.96. The van der Waals surface area contributed by atoms with Gasteiger partial charge in [-0.2, -0.15) is 10.1 Å². The Bertz CT molecular complexity index is 1350. The molecule has 31 heavy (non-hydrogen) atoms. The Hall–Kier alpha value is -3.50. The van der Waals surface area contributed by atoms with E-state index in [4.69, 9.17) is 0 Å². The van der Waals surface area contributed by atoms with Crippen molar-refractivity contribution >= 4 is 55.1 Å². The van der Waals surface area contributed by atoms with Crippen LogP contribution in [0.2, 0.25) is 0 Å². The van der Waals surface area contributed by atoms with Gasteiger partial charge in [0.25, 0.3) is 5.91 Å². The first-order valence-electron chi connectivity index (χ1n) is 9.08. The van der Waals surface area contributed by atoms with E-state index < -0.39 is 16.6 Å². The van der Waals surface area contributed by atoms with Crippen molar-refractivity contribution in [2.45, 2.75) is 13.8 Å². The fourth-order valence-corrected chi connectivity index (χ4v) is 4.42. The number of nitrogens with zero attached hydrogens (tertiary/aromatic N) is 4. The highest BCUT2D eigenvalue weighted by molar-refractivity contribution is 7.22. The van der Waals surface area contributed by atoms with E-state index in [1.165, 1.54) is 30.5 Å². The summed E-state index contributed by atoms with van der Waals surface area (Å²) in [7, 11) is 0. The number of carbonyl (C=O) groups excluding carboxylic acids is 1. The number of benzene rings is 2. The van der Waals surface area contributed by atoms with E-state index in [0.717, 1.165) is 38.8 Å². The van der Waals surface area contributed by atoms with Crippen molar-refractivity contribution in [3.63, 3.8) is 0 Å². The minimum atomic E-state index is -0.484. The highest BCUT2D eigenvalue weighted by Crippen LogP contribution is 2.31. The summed E-state index contributed by atoms with van der Waals surface area (Å²) in [5, 5.41) is 16.6. The summed E-state index contributed by atoms with van der Waals surface area (Å²) in [5.74, 6) is -0.811. The third-order valence-electron chi connectivity index (χ3n) is 4.56. The van der Waals surface area contributed by atoms with Crippen LogP contribution >= 0.6 is 22.7 Å². The number of hydrogen-bond donors (Lipinski definition) is 0. The molecule has 10 heteroatoms. The molecule has 0 unspecified atom stereocenters. The number of hydrazone groups is 1. The topological polar surface area (TPSA) is 88.7 Å². The maximum atomic E-state index is 13.6. The fourth-order valence-electron chi connectivity index (χ4n) is 2.79. The van der Waals surface area contributed by atoms with Crippen LogP contribution in [0.3, 0.4) is 0 Å². The second-order valence-corrected chi connectivity index (χ2v) is 8.81. The van der Waals surface area contributed by atoms with Crippen molar-refractivity contribution in [1.29, 1.82) is 0 Å². The van der Waals surface area contributed by atoms with Gasteiger partial charge in [-0.1, -0.05) is 28.7 Å². The normalized spacial score (nSPS) is 11.3. The zero-order valence-corrected chi connectivity index (χ0v) is 18.0. The highest BCUT2D eigenvalue weighted by Gasteiger charge is 2.22. The molecule has 0 saturated heterocycles. The van der Waals surface area contributed by atoms with Crippen LogP contribution in [0.5, 0.6) is 0 Å². The first-order valence-corrected chi connectivity index (χ1v) is 10.7. The summed E-state index contributed by atoms with van der Waals surface area (Å²) in [6.45, 7) is 3.86. The molecule has 0 atom stereocenters. The van der Waals surface area contributed by atoms with Crippen molar-refractivity contribution in [3.05, 3.63) is 86.0 Å². The van der Waals surface area contributed by atoms with Crippen LogP contribution < -0.4 is 5.01 Å². The lowest BCUT2D eigenvalue weighted by molar-refractivity contribution is -0.380. The van der Waals surface area contributed by atoms with Gasteiger partial charge in [0.2, 0.25) is 5.13 Å². The number of aromatic nitrogens is 1. The number of fused-ring (bicyclic) bond motifs is 1. The molecule has 0 saturated carbocycles. The monoisotopic (exact) mass is 454 g/mol. The zero-order valence-electron chi connectivity index (χ0n) is 16.4. The van der Waals surface area contributed by atoms with E-state index in [-0.39, 0.29) is 10.1 Å². The second-order valence-electron chi connectivity index (χ2n) is 6.70. The molecule has 0 spiro atoms. The number of rotatable bonds is 5. The average Bonchev–Trinajstić information content (AvgIpc) is 3.37. The predicted molar refractivity (Wildman–Crippen MR) is 121 cm³/mol. The SMILES string of the molecule is Cc1ccc(C(=O)N(/N=C/c2ccc([N+](=O)[O-])s2)c2nc3ccc(F)cc3s2)cc1C. The third-order valence-corrected chi connectivity index (χ3v) is 6.52. The van der Waals surface area contributed by atoms with Gasteiger partial charge in [0.05, 0.1) is 26.2 Å². The second kappa shape index (κ2) is 8.32. The molecule has 1 amide bonds. The lowest BCUT2D eigenvalue weighted by Crippen LogP contribution is -2.25. The van der Waals surface area contributed by atoms with Gasteiger partial charge in [-0.15, -0.1) is 0 Å². The molecule has 2 heterocycles. The smallest absolute Gasteiger partial charge is 0.267 e. The minimum Gasteiger partial charge on any atom is -0.267 e. The van der Waals surface area contributed by atoms with Crippen LogP contribution in [0.1, 0.15) is 26.4 Å². The quantitative estimate of drug-likeness (QED) is 0.220. The summed E-state index contributed by atoms with van der Waals surface area (Å²) in [6.07, 6.45) is 1.38. The molecule has 0 fully saturated rings. The molecule has 0 N–H and O–H groups in total. The van der Waals surface area contributed by atoms with Crippen LogP contribution in [-0.4, -0.2) is 22.0 Å². The molecule has 0 aliphatic heterocycles. The number of thiophene rings is 1. The standard InChI is InChI=1S/C21H15FN4O3S2/c1-12-3-4-14(9-13(12)2)20(27)25(23-11-16-6-8-19(30-16)26(28)29)21-24-17-7-5-15(22)10-18(17)31-21/h3-11H,1-2H3/b23-11+. The average molecular weight is 455 g/mol. The van der Waals surface area contributed by atoms with Gasteiger partial charge in [0, 0.05) is 11.6 Å². The molecule has 0 bridgehead atoms. The lowest BCUT2D eigenvalue weighted by atomic mass is 10.1. The largest absolute Gasteiger partial charge is 0.324 e. The molecular weight excluding hydrogens is 439 g/mol.